The van der Waals surface area contributed by atoms with Crippen LogP contribution in [0.1, 0.15) is 5.69 Å². The molecule has 0 fully saturated rings. The Kier molecular flexibility index (Phi) is 2.33. The predicted octanol–water partition coefficient (Wildman–Crippen LogP) is 2.17. The van der Waals surface area contributed by atoms with Gasteiger partial charge in [-0.15, -0.1) is 0 Å². The van der Waals surface area contributed by atoms with E-state index >= 15 is 0 Å². The molecule has 4 heteroatoms. The van der Waals surface area contributed by atoms with Crippen molar-refractivity contribution in [3.63, 3.8) is 0 Å². The maximum Gasteiger partial charge on any atom is 0.149 e. The Labute approximate surface area is 86.8 Å². The Hall–Kier alpha value is -1.97. The van der Waals surface area contributed by atoms with Crippen molar-refractivity contribution >= 4 is 5.82 Å². The third-order valence-electron chi connectivity index (χ3n) is 2.17. The molecule has 0 amide bonds. The van der Waals surface area contributed by atoms with Gasteiger partial charge in [0.25, 0.3) is 0 Å². The fourth-order valence-electron chi connectivity index (χ4n) is 1.46. The molecule has 15 heavy (non-hydrogen) atoms. The van der Waals surface area contributed by atoms with Gasteiger partial charge in [0.1, 0.15) is 11.6 Å². The maximum absolute atomic E-state index is 13.4. The van der Waals surface area contributed by atoms with E-state index < -0.39 is 0 Å². The third-order valence-corrected chi connectivity index (χ3v) is 2.17. The van der Waals surface area contributed by atoms with Crippen LogP contribution in [0.5, 0.6) is 0 Å². The van der Waals surface area contributed by atoms with Gasteiger partial charge < -0.3 is 5.73 Å². The second-order valence-corrected chi connectivity index (χ2v) is 3.22. The number of hydrogen-bond donors (Lipinski definition) is 1. The molecule has 3 nitrogen and oxygen atoms in total. The molecule has 2 heterocycles. The summed E-state index contributed by atoms with van der Waals surface area (Å²) in [5, 5.41) is 0. The summed E-state index contributed by atoms with van der Waals surface area (Å²) in [5.74, 6) is 0.0814. The van der Waals surface area contributed by atoms with Crippen molar-refractivity contribution in [1.82, 2.24) is 9.97 Å². The first-order valence-corrected chi connectivity index (χ1v) is 4.51. The van der Waals surface area contributed by atoms with Crippen molar-refractivity contribution in [2.24, 2.45) is 0 Å². The predicted molar refractivity (Wildman–Crippen MR) is 56.6 cm³/mol. The van der Waals surface area contributed by atoms with E-state index in [-0.39, 0.29) is 5.82 Å². The molecule has 0 saturated carbocycles. The first kappa shape index (κ1) is 9.58. The highest BCUT2D eigenvalue weighted by Crippen LogP contribution is 2.24. The Morgan fingerprint density at radius 3 is 2.67 bits per heavy atom. The lowest BCUT2D eigenvalue weighted by Crippen LogP contribution is -1.95. The smallest absolute Gasteiger partial charge is 0.149 e. The summed E-state index contributed by atoms with van der Waals surface area (Å²) in [6, 6.07) is 5.04. The van der Waals surface area contributed by atoms with Gasteiger partial charge in [-0.3, -0.25) is 4.98 Å². The number of aryl methyl sites for hydroxylation is 1. The standard InChI is InChI=1S/C11H10FN3/c1-7-8(2-3-11(13)15-7)9-4-5-14-6-10(9)12/h2-6H,1H3,(H2,13,15). The van der Waals surface area contributed by atoms with Crippen LogP contribution in [0, 0.1) is 12.7 Å². The Bertz CT molecular complexity index is 497. The van der Waals surface area contributed by atoms with Gasteiger partial charge >= 0.3 is 0 Å². The van der Waals surface area contributed by atoms with Crippen LogP contribution >= 0.6 is 0 Å². The Balaban J connectivity index is 2.60. The Morgan fingerprint density at radius 2 is 2.00 bits per heavy atom. The molecule has 0 aliphatic rings. The molecule has 2 aromatic heterocycles. The highest BCUT2D eigenvalue weighted by atomic mass is 19.1. The highest BCUT2D eigenvalue weighted by Gasteiger charge is 2.07. The molecule has 0 unspecified atom stereocenters. The average molecular weight is 203 g/mol. The van der Waals surface area contributed by atoms with E-state index in [1.54, 1.807) is 31.3 Å². The molecule has 2 N–H and O–H groups in total. The third kappa shape index (κ3) is 1.79. The molecule has 2 rings (SSSR count). The zero-order valence-corrected chi connectivity index (χ0v) is 8.24. The van der Waals surface area contributed by atoms with E-state index in [0.29, 0.717) is 17.1 Å². The summed E-state index contributed by atoms with van der Waals surface area (Å²) in [4.78, 5) is 7.78. The number of halogens is 1. The summed E-state index contributed by atoms with van der Waals surface area (Å²) in [6.07, 6.45) is 2.74. The SMILES string of the molecule is Cc1nc(N)ccc1-c1ccncc1F. The second kappa shape index (κ2) is 3.65. The van der Waals surface area contributed by atoms with Crippen LogP contribution in [0.2, 0.25) is 0 Å². The van der Waals surface area contributed by atoms with Gasteiger partial charge in [-0.1, -0.05) is 0 Å². The molecule has 0 aromatic carbocycles. The van der Waals surface area contributed by atoms with Crippen molar-refractivity contribution in [3.05, 3.63) is 42.1 Å². The zero-order chi connectivity index (χ0) is 10.8. The summed E-state index contributed by atoms with van der Waals surface area (Å²) < 4.78 is 13.4. The summed E-state index contributed by atoms with van der Waals surface area (Å²) in [6.45, 7) is 1.80. The van der Waals surface area contributed by atoms with E-state index in [9.17, 15) is 4.39 Å². The fourth-order valence-corrected chi connectivity index (χ4v) is 1.46. The van der Waals surface area contributed by atoms with Crippen LogP contribution in [0.25, 0.3) is 11.1 Å². The molecule has 76 valence electrons. The summed E-state index contributed by atoms with van der Waals surface area (Å²) >= 11 is 0. The van der Waals surface area contributed by atoms with Crippen LogP contribution < -0.4 is 5.73 Å². The minimum absolute atomic E-state index is 0.354. The van der Waals surface area contributed by atoms with Gasteiger partial charge in [-0.05, 0) is 25.1 Å². The molecule has 0 bridgehead atoms. The van der Waals surface area contributed by atoms with E-state index in [1.807, 2.05) is 0 Å². The topological polar surface area (TPSA) is 51.8 Å². The fraction of sp³-hybridized carbons (Fsp3) is 0.0909. The van der Waals surface area contributed by atoms with Gasteiger partial charge in [-0.25, -0.2) is 9.37 Å². The zero-order valence-electron chi connectivity index (χ0n) is 8.24. The van der Waals surface area contributed by atoms with Crippen LogP contribution in [0.3, 0.4) is 0 Å². The van der Waals surface area contributed by atoms with E-state index in [0.717, 1.165) is 5.56 Å². The Morgan fingerprint density at radius 1 is 1.20 bits per heavy atom. The van der Waals surface area contributed by atoms with Gasteiger partial charge in [0.05, 0.1) is 6.20 Å². The van der Waals surface area contributed by atoms with Crippen LogP contribution in [-0.4, -0.2) is 9.97 Å². The van der Waals surface area contributed by atoms with Crippen LogP contribution in [0.4, 0.5) is 10.2 Å². The number of hydrogen-bond acceptors (Lipinski definition) is 3. The minimum Gasteiger partial charge on any atom is -0.384 e. The molecular weight excluding hydrogens is 193 g/mol. The van der Waals surface area contributed by atoms with Gasteiger partial charge in [0.15, 0.2) is 0 Å². The van der Waals surface area contributed by atoms with Crippen molar-refractivity contribution in [1.29, 1.82) is 0 Å². The first-order chi connectivity index (χ1) is 7.18. The molecule has 0 spiro atoms. The number of pyridine rings is 2. The number of nitrogens with zero attached hydrogens (tertiary/aromatic N) is 2. The summed E-state index contributed by atoms with van der Waals surface area (Å²) in [7, 11) is 0. The molecular formula is C11H10FN3. The molecule has 0 radical (unpaired) electrons. The highest BCUT2D eigenvalue weighted by molar-refractivity contribution is 5.66. The van der Waals surface area contributed by atoms with E-state index in [4.69, 9.17) is 5.73 Å². The molecule has 2 aromatic rings. The first-order valence-electron chi connectivity index (χ1n) is 4.51. The molecule has 0 aliphatic heterocycles. The molecule has 0 atom stereocenters. The quantitative estimate of drug-likeness (QED) is 0.772. The lowest BCUT2D eigenvalue weighted by Gasteiger charge is -2.06. The number of anilines is 1. The number of rotatable bonds is 1. The van der Waals surface area contributed by atoms with Crippen molar-refractivity contribution < 1.29 is 4.39 Å². The normalized spacial score (nSPS) is 10.3. The van der Waals surface area contributed by atoms with Gasteiger partial charge in [-0.2, -0.15) is 0 Å². The monoisotopic (exact) mass is 203 g/mol. The van der Waals surface area contributed by atoms with E-state index in [2.05, 4.69) is 9.97 Å². The van der Waals surface area contributed by atoms with Crippen LogP contribution in [0.15, 0.2) is 30.6 Å². The number of nitrogen functional groups attached to an aromatic ring is 1. The van der Waals surface area contributed by atoms with Gasteiger partial charge in [0.2, 0.25) is 0 Å². The van der Waals surface area contributed by atoms with Crippen molar-refractivity contribution in [2.75, 3.05) is 5.73 Å². The number of nitrogens with two attached hydrogens (primary N) is 1. The van der Waals surface area contributed by atoms with Crippen molar-refractivity contribution in [3.8, 4) is 11.1 Å². The lowest BCUT2D eigenvalue weighted by molar-refractivity contribution is 0.625. The van der Waals surface area contributed by atoms with Crippen molar-refractivity contribution in [2.45, 2.75) is 6.92 Å². The summed E-state index contributed by atoms with van der Waals surface area (Å²) in [5.41, 5.74) is 7.47. The lowest BCUT2D eigenvalue weighted by atomic mass is 10.1. The molecule has 0 aliphatic carbocycles. The largest absolute Gasteiger partial charge is 0.384 e. The van der Waals surface area contributed by atoms with Gasteiger partial charge in [0, 0.05) is 23.0 Å². The molecule has 0 saturated heterocycles. The minimum atomic E-state index is -0.354. The average Bonchev–Trinajstić information content (AvgIpc) is 2.20. The maximum atomic E-state index is 13.4. The number of aromatic nitrogens is 2. The van der Waals surface area contributed by atoms with Crippen LogP contribution in [-0.2, 0) is 0 Å². The van der Waals surface area contributed by atoms with E-state index in [1.165, 1.54) is 6.20 Å². The second-order valence-electron chi connectivity index (χ2n) is 3.22.